The second-order valence-electron chi connectivity index (χ2n) is 8.33. The molecule has 190 valence electrons. The van der Waals surface area contributed by atoms with Crippen LogP contribution in [0.4, 0.5) is 30.7 Å². The van der Waals surface area contributed by atoms with Crippen molar-refractivity contribution < 1.29 is 40.3 Å². The van der Waals surface area contributed by atoms with Gasteiger partial charge in [-0.15, -0.1) is 0 Å². The zero-order valence-corrected chi connectivity index (χ0v) is 18.7. The van der Waals surface area contributed by atoms with Crippen LogP contribution >= 0.6 is 0 Å². The van der Waals surface area contributed by atoms with Gasteiger partial charge in [-0.25, -0.2) is 4.39 Å². The molecule has 0 aliphatic carbocycles. The summed E-state index contributed by atoms with van der Waals surface area (Å²) in [4.78, 5) is 27.9. The third-order valence-electron chi connectivity index (χ3n) is 5.67. The summed E-state index contributed by atoms with van der Waals surface area (Å²) >= 11 is 0. The summed E-state index contributed by atoms with van der Waals surface area (Å²) in [6.07, 6.45) is -10.0. The van der Waals surface area contributed by atoms with Crippen LogP contribution in [-0.4, -0.2) is 48.3 Å². The van der Waals surface area contributed by atoms with Gasteiger partial charge in [0.2, 0.25) is 11.8 Å². The normalized spacial score (nSPS) is 17.3. The van der Waals surface area contributed by atoms with Crippen molar-refractivity contribution in [2.24, 2.45) is 0 Å². The summed E-state index contributed by atoms with van der Waals surface area (Å²) < 4.78 is 92.3. The van der Waals surface area contributed by atoms with Crippen LogP contribution in [0.3, 0.4) is 0 Å². The molecule has 0 aromatic heterocycles. The second-order valence-corrected chi connectivity index (χ2v) is 8.33. The van der Waals surface area contributed by atoms with E-state index in [0.717, 1.165) is 4.90 Å². The van der Waals surface area contributed by atoms with Crippen molar-refractivity contribution in [1.82, 2.24) is 15.1 Å². The Balaban J connectivity index is 1.81. The number of carbonyl (C=O) groups excluding carboxylic acids is 2. The van der Waals surface area contributed by atoms with Gasteiger partial charge < -0.3 is 10.2 Å². The van der Waals surface area contributed by atoms with Crippen molar-refractivity contribution in [3.05, 3.63) is 70.0 Å². The summed E-state index contributed by atoms with van der Waals surface area (Å²) in [5, 5.41) is 2.67. The van der Waals surface area contributed by atoms with Crippen LogP contribution in [0, 0.1) is 12.7 Å². The average molecular weight is 505 g/mol. The molecule has 1 N–H and O–H groups in total. The minimum Gasteiger partial charge on any atom is -0.353 e. The lowest BCUT2D eigenvalue weighted by atomic mass is 9.97. The number of amides is 2. The number of benzene rings is 2. The maximum Gasteiger partial charge on any atom is 0.416 e. The fourth-order valence-electron chi connectivity index (χ4n) is 3.94. The molecule has 0 radical (unpaired) electrons. The maximum atomic E-state index is 13.5. The first kappa shape index (κ1) is 26.5. The van der Waals surface area contributed by atoms with Gasteiger partial charge in [0, 0.05) is 26.7 Å². The molecule has 1 aliphatic rings. The molecule has 2 aromatic rings. The maximum absolute atomic E-state index is 13.5. The number of aryl methyl sites for hydroxylation is 1. The van der Waals surface area contributed by atoms with E-state index in [-0.39, 0.29) is 31.3 Å². The van der Waals surface area contributed by atoms with E-state index in [1.165, 1.54) is 30.1 Å². The van der Waals surface area contributed by atoms with Crippen molar-refractivity contribution in [3.63, 3.8) is 0 Å². The lowest BCUT2D eigenvalue weighted by Gasteiger charge is -2.36. The third-order valence-corrected chi connectivity index (χ3v) is 5.67. The summed E-state index contributed by atoms with van der Waals surface area (Å²) in [7, 11) is 1.25. The summed E-state index contributed by atoms with van der Waals surface area (Å²) in [6.45, 7) is 1.27. The predicted octanol–water partition coefficient (Wildman–Crippen LogP) is 4.30. The number of hydrogen-bond donors (Lipinski definition) is 1. The Kier molecular flexibility index (Phi) is 7.44. The molecule has 1 atom stereocenters. The van der Waals surface area contributed by atoms with Crippen LogP contribution in [0.15, 0.2) is 36.4 Å². The van der Waals surface area contributed by atoms with Crippen LogP contribution in [0.2, 0.25) is 0 Å². The summed E-state index contributed by atoms with van der Waals surface area (Å²) in [5.41, 5.74) is -2.32. The molecule has 0 spiro atoms. The number of carbonyl (C=O) groups is 2. The smallest absolute Gasteiger partial charge is 0.353 e. The SMILES string of the molecule is Cc1cc(F)ccc1C1C(=O)NCCN1CC(=O)N(C)Cc1cc(C(F)(F)F)cc(C(F)(F)F)c1. The predicted molar refractivity (Wildman–Crippen MR) is 111 cm³/mol. The topological polar surface area (TPSA) is 52.7 Å². The largest absolute Gasteiger partial charge is 0.416 e. The number of piperazine rings is 1. The molecule has 1 heterocycles. The lowest BCUT2D eigenvalue weighted by Crippen LogP contribution is -2.52. The molecule has 2 amide bonds. The van der Waals surface area contributed by atoms with E-state index < -0.39 is 53.7 Å². The fraction of sp³-hybridized carbons (Fsp3) is 0.391. The third kappa shape index (κ3) is 6.30. The number of alkyl halides is 6. The van der Waals surface area contributed by atoms with E-state index in [1.807, 2.05) is 0 Å². The number of nitrogens with zero attached hydrogens (tertiary/aromatic N) is 2. The van der Waals surface area contributed by atoms with Crippen molar-refractivity contribution in [1.29, 1.82) is 0 Å². The van der Waals surface area contributed by atoms with Gasteiger partial charge in [0.1, 0.15) is 11.9 Å². The zero-order chi connectivity index (χ0) is 26.1. The van der Waals surface area contributed by atoms with Crippen LogP contribution in [0.1, 0.15) is 33.9 Å². The minimum atomic E-state index is -5.00. The highest BCUT2D eigenvalue weighted by atomic mass is 19.4. The Labute approximate surface area is 196 Å². The van der Waals surface area contributed by atoms with E-state index in [4.69, 9.17) is 0 Å². The summed E-state index contributed by atoms with van der Waals surface area (Å²) in [5.74, 6) is -1.52. The van der Waals surface area contributed by atoms with Gasteiger partial charge in [-0.2, -0.15) is 26.3 Å². The Morgan fingerprint density at radius 2 is 1.66 bits per heavy atom. The first-order valence-electron chi connectivity index (χ1n) is 10.5. The van der Waals surface area contributed by atoms with Crippen LogP contribution in [-0.2, 0) is 28.5 Å². The standard InChI is InChI=1S/C23H22F7N3O2/c1-13-7-17(24)3-4-18(13)20-21(35)31-5-6-33(20)12-19(34)32(2)11-14-8-15(22(25,26)27)10-16(9-14)23(28,29)30/h3-4,7-10,20H,5-6,11-12H2,1-2H3,(H,31,35). The van der Waals surface area contributed by atoms with E-state index in [2.05, 4.69) is 5.32 Å². The zero-order valence-electron chi connectivity index (χ0n) is 18.7. The monoisotopic (exact) mass is 505 g/mol. The Morgan fingerprint density at radius 1 is 1.06 bits per heavy atom. The van der Waals surface area contributed by atoms with Gasteiger partial charge in [-0.3, -0.25) is 14.5 Å². The Hall–Kier alpha value is -3.15. The number of halogens is 7. The molecular formula is C23H22F7N3O2. The fourth-order valence-corrected chi connectivity index (χ4v) is 3.94. The van der Waals surface area contributed by atoms with Crippen molar-refractivity contribution in [3.8, 4) is 0 Å². The number of nitrogens with one attached hydrogen (secondary N) is 1. The van der Waals surface area contributed by atoms with E-state index in [1.54, 1.807) is 6.92 Å². The highest BCUT2D eigenvalue weighted by Gasteiger charge is 2.37. The van der Waals surface area contributed by atoms with Gasteiger partial charge in [-0.05, 0) is 53.9 Å². The van der Waals surface area contributed by atoms with Crippen molar-refractivity contribution in [2.45, 2.75) is 31.9 Å². The van der Waals surface area contributed by atoms with Gasteiger partial charge in [0.15, 0.2) is 0 Å². The van der Waals surface area contributed by atoms with Crippen LogP contribution < -0.4 is 5.32 Å². The molecule has 1 unspecified atom stereocenters. The Morgan fingerprint density at radius 3 is 2.20 bits per heavy atom. The van der Waals surface area contributed by atoms with Crippen molar-refractivity contribution in [2.75, 3.05) is 26.7 Å². The first-order valence-corrected chi connectivity index (χ1v) is 10.5. The highest BCUT2D eigenvalue weighted by Crippen LogP contribution is 2.36. The highest BCUT2D eigenvalue weighted by molar-refractivity contribution is 5.86. The summed E-state index contributed by atoms with van der Waals surface area (Å²) in [6, 6.07) is 4.11. The van der Waals surface area contributed by atoms with E-state index >= 15 is 0 Å². The van der Waals surface area contributed by atoms with Crippen molar-refractivity contribution >= 4 is 11.8 Å². The van der Waals surface area contributed by atoms with Crippen LogP contribution in [0.5, 0.6) is 0 Å². The molecule has 0 bridgehead atoms. The molecule has 12 heteroatoms. The molecule has 1 fully saturated rings. The van der Waals surface area contributed by atoms with E-state index in [9.17, 15) is 40.3 Å². The number of rotatable bonds is 5. The lowest BCUT2D eigenvalue weighted by molar-refractivity contribution is -0.143. The molecule has 0 saturated carbocycles. The first-order chi connectivity index (χ1) is 16.2. The number of hydrogen-bond acceptors (Lipinski definition) is 3. The minimum absolute atomic E-state index is 0.0211. The van der Waals surface area contributed by atoms with E-state index in [0.29, 0.717) is 23.3 Å². The molecule has 1 aliphatic heterocycles. The molecule has 1 saturated heterocycles. The molecule has 2 aromatic carbocycles. The van der Waals surface area contributed by atoms with Gasteiger partial charge in [0.25, 0.3) is 0 Å². The Bertz CT molecular complexity index is 1080. The second kappa shape index (κ2) is 9.84. The van der Waals surface area contributed by atoms with Gasteiger partial charge in [0.05, 0.1) is 17.7 Å². The van der Waals surface area contributed by atoms with Crippen LogP contribution in [0.25, 0.3) is 0 Å². The quantitative estimate of drug-likeness (QED) is 0.617. The average Bonchev–Trinajstić information content (AvgIpc) is 2.73. The number of likely N-dealkylation sites (N-methyl/N-ethyl adjacent to an activating group) is 1. The van der Waals surface area contributed by atoms with Gasteiger partial charge in [-0.1, -0.05) is 6.07 Å². The molecular weight excluding hydrogens is 483 g/mol. The molecule has 3 rings (SSSR count). The van der Waals surface area contributed by atoms with Gasteiger partial charge >= 0.3 is 12.4 Å². The molecule has 5 nitrogen and oxygen atoms in total. The molecule has 35 heavy (non-hydrogen) atoms.